The fourth-order valence-electron chi connectivity index (χ4n) is 1.82. The van der Waals surface area contributed by atoms with Crippen LogP contribution in [-0.2, 0) is 16.6 Å². The molecule has 3 aromatic rings. The number of rotatable bonds is 4. The average molecular weight is 340 g/mol. The minimum absolute atomic E-state index is 0.169. The number of pyridine rings is 1. The Hall–Kier alpha value is -1.54. The zero-order chi connectivity index (χ0) is 14.9. The molecule has 2 aromatic heterocycles. The van der Waals surface area contributed by atoms with Crippen molar-refractivity contribution in [2.75, 3.05) is 0 Å². The molecule has 108 valence electrons. The minimum Gasteiger partial charge on any atom is -0.248 e. The Kier molecular flexibility index (Phi) is 3.90. The highest BCUT2D eigenvalue weighted by Gasteiger charge is 2.15. The first-order valence-corrected chi connectivity index (χ1v) is 8.78. The van der Waals surface area contributed by atoms with Gasteiger partial charge in [-0.25, -0.2) is 23.1 Å². The Morgan fingerprint density at radius 2 is 2.10 bits per heavy atom. The van der Waals surface area contributed by atoms with Crippen LogP contribution >= 0.6 is 22.9 Å². The molecule has 0 atom stereocenters. The lowest BCUT2D eigenvalue weighted by Crippen LogP contribution is -2.23. The van der Waals surface area contributed by atoms with Crippen LogP contribution in [0.2, 0.25) is 5.15 Å². The van der Waals surface area contributed by atoms with E-state index in [1.54, 1.807) is 35.2 Å². The Labute approximate surface area is 130 Å². The summed E-state index contributed by atoms with van der Waals surface area (Å²) in [5.74, 6) is 0. The Balaban J connectivity index is 1.89. The van der Waals surface area contributed by atoms with Crippen LogP contribution in [0.3, 0.4) is 0 Å². The van der Waals surface area contributed by atoms with E-state index in [4.69, 9.17) is 11.6 Å². The molecule has 0 aliphatic rings. The molecule has 0 aliphatic heterocycles. The van der Waals surface area contributed by atoms with Crippen molar-refractivity contribution >= 4 is 43.9 Å². The SMILES string of the molecule is O=S(=O)(NCc1cscn1)c1ccc2nc(Cl)ccc2c1. The van der Waals surface area contributed by atoms with Gasteiger partial charge < -0.3 is 0 Å². The molecule has 1 N–H and O–H groups in total. The van der Waals surface area contributed by atoms with Gasteiger partial charge in [0.15, 0.2) is 0 Å². The van der Waals surface area contributed by atoms with Crippen LogP contribution in [0, 0.1) is 0 Å². The molecule has 0 amide bonds. The van der Waals surface area contributed by atoms with Crippen molar-refractivity contribution in [1.29, 1.82) is 0 Å². The van der Waals surface area contributed by atoms with E-state index in [-0.39, 0.29) is 11.4 Å². The lowest BCUT2D eigenvalue weighted by molar-refractivity contribution is 0.581. The molecule has 2 heterocycles. The summed E-state index contributed by atoms with van der Waals surface area (Å²) in [4.78, 5) is 8.36. The number of benzene rings is 1. The number of nitrogens with zero attached hydrogens (tertiary/aromatic N) is 2. The maximum absolute atomic E-state index is 12.3. The maximum atomic E-state index is 12.3. The van der Waals surface area contributed by atoms with E-state index >= 15 is 0 Å². The summed E-state index contributed by atoms with van der Waals surface area (Å²) >= 11 is 7.23. The molecule has 1 aromatic carbocycles. The van der Waals surface area contributed by atoms with Crippen LogP contribution in [0.5, 0.6) is 0 Å². The van der Waals surface area contributed by atoms with Gasteiger partial charge in [0.2, 0.25) is 10.0 Å². The largest absolute Gasteiger partial charge is 0.248 e. The first-order valence-electron chi connectivity index (χ1n) is 5.98. The number of fused-ring (bicyclic) bond motifs is 1. The first kappa shape index (κ1) is 14.4. The van der Waals surface area contributed by atoms with E-state index in [0.29, 0.717) is 16.4 Å². The van der Waals surface area contributed by atoms with Crippen molar-refractivity contribution in [2.45, 2.75) is 11.4 Å². The smallest absolute Gasteiger partial charge is 0.240 e. The summed E-state index contributed by atoms with van der Waals surface area (Å²) in [6.45, 7) is 0.169. The second kappa shape index (κ2) is 5.69. The van der Waals surface area contributed by atoms with E-state index in [9.17, 15) is 8.42 Å². The highest BCUT2D eigenvalue weighted by molar-refractivity contribution is 7.89. The molecule has 0 saturated heterocycles. The Morgan fingerprint density at radius 3 is 2.86 bits per heavy atom. The molecule has 0 saturated carbocycles. The monoisotopic (exact) mass is 339 g/mol. The second-order valence-electron chi connectivity index (χ2n) is 4.29. The molecule has 3 rings (SSSR count). The Morgan fingerprint density at radius 1 is 1.24 bits per heavy atom. The van der Waals surface area contributed by atoms with Gasteiger partial charge in [-0.15, -0.1) is 11.3 Å². The molecule has 5 nitrogen and oxygen atoms in total. The lowest BCUT2D eigenvalue weighted by Gasteiger charge is -2.06. The van der Waals surface area contributed by atoms with Crippen LogP contribution in [-0.4, -0.2) is 18.4 Å². The topological polar surface area (TPSA) is 72.0 Å². The van der Waals surface area contributed by atoms with Crippen LogP contribution < -0.4 is 4.72 Å². The van der Waals surface area contributed by atoms with Crippen molar-refractivity contribution < 1.29 is 8.42 Å². The van der Waals surface area contributed by atoms with Gasteiger partial charge in [-0.05, 0) is 30.3 Å². The summed E-state index contributed by atoms with van der Waals surface area (Å²) in [7, 11) is -3.58. The fraction of sp³-hybridized carbons (Fsp3) is 0.0769. The summed E-state index contributed by atoms with van der Waals surface area (Å²) in [5, 5.41) is 2.89. The van der Waals surface area contributed by atoms with Gasteiger partial charge in [-0.1, -0.05) is 11.6 Å². The summed E-state index contributed by atoms with van der Waals surface area (Å²) in [5.41, 5.74) is 3.01. The van der Waals surface area contributed by atoms with Gasteiger partial charge in [-0.2, -0.15) is 0 Å². The number of hydrogen-bond acceptors (Lipinski definition) is 5. The van der Waals surface area contributed by atoms with E-state index in [0.717, 1.165) is 5.39 Å². The van der Waals surface area contributed by atoms with E-state index in [1.807, 2.05) is 0 Å². The van der Waals surface area contributed by atoms with Gasteiger partial charge in [-0.3, -0.25) is 0 Å². The van der Waals surface area contributed by atoms with Gasteiger partial charge in [0.1, 0.15) is 5.15 Å². The highest BCUT2D eigenvalue weighted by atomic mass is 35.5. The number of thiazole rings is 1. The lowest BCUT2D eigenvalue weighted by atomic mass is 10.2. The van der Waals surface area contributed by atoms with Crippen molar-refractivity contribution in [2.24, 2.45) is 0 Å². The van der Waals surface area contributed by atoms with Gasteiger partial charge in [0, 0.05) is 10.8 Å². The third-order valence-corrected chi connectivity index (χ3v) is 5.11. The number of halogens is 1. The molecular weight excluding hydrogens is 330 g/mol. The van der Waals surface area contributed by atoms with Crippen LogP contribution in [0.1, 0.15) is 5.69 Å². The number of aromatic nitrogens is 2. The van der Waals surface area contributed by atoms with Gasteiger partial charge >= 0.3 is 0 Å². The third-order valence-electron chi connectivity index (χ3n) is 2.86. The zero-order valence-corrected chi connectivity index (χ0v) is 13.0. The molecule has 0 radical (unpaired) electrons. The predicted molar refractivity (Wildman–Crippen MR) is 82.9 cm³/mol. The highest BCUT2D eigenvalue weighted by Crippen LogP contribution is 2.20. The summed E-state index contributed by atoms with van der Waals surface area (Å²) < 4.78 is 27.0. The molecular formula is C13H10ClN3O2S2. The molecule has 0 aliphatic carbocycles. The molecule has 8 heteroatoms. The van der Waals surface area contributed by atoms with Gasteiger partial charge in [0.05, 0.1) is 28.2 Å². The van der Waals surface area contributed by atoms with E-state index in [1.165, 1.54) is 17.4 Å². The molecule has 0 fully saturated rings. The second-order valence-corrected chi connectivity index (χ2v) is 7.17. The van der Waals surface area contributed by atoms with Gasteiger partial charge in [0.25, 0.3) is 0 Å². The van der Waals surface area contributed by atoms with Crippen molar-refractivity contribution in [3.63, 3.8) is 0 Å². The summed E-state index contributed by atoms with van der Waals surface area (Å²) in [6.07, 6.45) is 0. The van der Waals surface area contributed by atoms with E-state index < -0.39 is 10.0 Å². The molecule has 0 unspecified atom stereocenters. The summed E-state index contributed by atoms with van der Waals surface area (Å²) in [6, 6.07) is 8.09. The zero-order valence-electron chi connectivity index (χ0n) is 10.7. The number of nitrogens with one attached hydrogen (secondary N) is 1. The normalized spacial score (nSPS) is 11.9. The fourth-order valence-corrected chi connectivity index (χ4v) is 3.57. The Bertz CT molecular complexity index is 880. The quantitative estimate of drug-likeness (QED) is 0.742. The van der Waals surface area contributed by atoms with Crippen molar-refractivity contribution in [1.82, 2.24) is 14.7 Å². The standard InChI is InChI=1S/C13H10ClN3O2S2/c14-13-4-1-9-5-11(2-3-12(9)17-13)21(18,19)16-6-10-7-20-8-15-10/h1-5,7-8,16H,6H2. The predicted octanol–water partition coefficient (Wildman–Crippen LogP) is 2.82. The van der Waals surface area contributed by atoms with E-state index in [2.05, 4.69) is 14.7 Å². The average Bonchev–Trinajstić information content (AvgIpc) is 2.98. The van der Waals surface area contributed by atoms with Crippen molar-refractivity contribution in [3.05, 3.63) is 52.1 Å². The third kappa shape index (κ3) is 3.21. The molecule has 0 spiro atoms. The number of sulfonamides is 1. The maximum Gasteiger partial charge on any atom is 0.240 e. The first-order chi connectivity index (χ1) is 10.0. The van der Waals surface area contributed by atoms with Crippen molar-refractivity contribution in [3.8, 4) is 0 Å². The minimum atomic E-state index is -3.58. The van der Waals surface area contributed by atoms with Crippen LogP contribution in [0.25, 0.3) is 10.9 Å². The molecule has 21 heavy (non-hydrogen) atoms. The number of hydrogen-bond donors (Lipinski definition) is 1. The molecule has 0 bridgehead atoms. The van der Waals surface area contributed by atoms with Crippen LogP contribution in [0.4, 0.5) is 0 Å². The van der Waals surface area contributed by atoms with Crippen LogP contribution in [0.15, 0.2) is 46.1 Å².